The normalized spacial score (nSPS) is 14.0. The van der Waals surface area contributed by atoms with Crippen molar-refractivity contribution in [2.45, 2.75) is 6.92 Å². The number of hydrogen-bond donors (Lipinski definition) is 0. The molecule has 0 fully saturated rings. The summed E-state index contributed by atoms with van der Waals surface area (Å²) in [4.78, 5) is 38.1. The fraction of sp³-hybridized carbons (Fsp3) is 0.188. The zero-order valence-electron chi connectivity index (χ0n) is 13.7. The van der Waals surface area contributed by atoms with E-state index in [9.17, 15) is 27.2 Å². The smallest absolute Gasteiger partial charge is 0.315 e. The van der Waals surface area contributed by atoms with Crippen molar-refractivity contribution in [3.05, 3.63) is 41.5 Å². The Morgan fingerprint density at radius 2 is 1.77 bits per heavy atom. The first kappa shape index (κ1) is 18.0. The first-order valence-corrected chi connectivity index (χ1v) is 8.92. The fourth-order valence-electron chi connectivity index (χ4n) is 2.72. The molecule has 0 bridgehead atoms. The van der Waals surface area contributed by atoms with Gasteiger partial charge in [-0.3, -0.25) is 14.4 Å². The zero-order chi connectivity index (χ0) is 19.2. The second-order valence-corrected chi connectivity index (χ2v) is 7.07. The van der Waals surface area contributed by atoms with E-state index in [4.69, 9.17) is 0 Å². The van der Waals surface area contributed by atoms with Gasteiger partial charge in [-0.05, 0) is 18.2 Å². The summed E-state index contributed by atoms with van der Waals surface area (Å²) in [7, 11) is -3.18. The van der Waals surface area contributed by atoms with Crippen molar-refractivity contribution in [1.29, 1.82) is 0 Å². The lowest BCUT2D eigenvalue weighted by Gasteiger charge is -2.26. The highest BCUT2D eigenvalue weighted by Gasteiger charge is 2.37. The Bertz CT molecular complexity index is 1040. The molecule has 3 amide bonds. The van der Waals surface area contributed by atoms with E-state index in [-0.39, 0.29) is 27.5 Å². The number of benzene rings is 2. The lowest BCUT2D eigenvalue weighted by molar-refractivity contribution is -0.116. The van der Waals surface area contributed by atoms with Crippen LogP contribution in [0.15, 0.2) is 30.3 Å². The highest BCUT2D eigenvalue weighted by atomic mass is 32.2. The van der Waals surface area contributed by atoms with Gasteiger partial charge in [-0.15, -0.1) is 9.35 Å². The standard InChI is InChI=1S/C16H13FN2O6S/c1-9(20)18(2)13-7-6-12-14-10(13)4-3-5-11(14)15(21)19(16(12)22)25-26(23,24)8-17/h3-7H,8H2,1-2H3. The largest absolute Gasteiger partial charge is 0.318 e. The molecular formula is C16H13FN2O6S. The maximum Gasteiger partial charge on any atom is 0.318 e. The number of amides is 3. The van der Waals surface area contributed by atoms with Gasteiger partial charge >= 0.3 is 10.1 Å². The van der Waals surface area contributed by atoms with Crippen LogP contribution in [0.2, 0.25) is 0 Å². The molecule has 136 valence electrons. The molecule has 0 radical (unpaired) electrons. The van der Waals surface area contributed by atoms with E-state index in [0.717, 1.165) is 0 Å². The first-order valence-electron chi connectivity index (χ1n) is 7.35. The second-order valence-electron chi connectivity index (χ2n) is 5.58. The quantitative estimate of drug-likeness (QED) is 0.747. The van der Waals surface area contributed by atoms with Gasteiger partial charge in [0.1, 0.15) is 0 Å². The van der Waals surface area contributed by atoms with Crippen LogP contribution in [0.3, 0.4) is 0 Å². The van der Waals surface area contributed by atoms with E-state index in [0.29, 0.717) is 11.1 Å². The second kappa shape index (κ2) is 6.15. The van der Waals surface area contributed by atoms with Crippen LogP contribution in [0, 0.1) is 0 Å². The van der Waals surface area contributed by atoms with Gasteiger partial charge < -0.3 is 4.90 Å². The molecule has 3 rings (SSSR count). The van der Waals surface area contributed by atoms with Gasteiger partial charge in [-0.25, -0.2) is 4.39 Å². The van der Waals surface area contributed by atoms with Crippen molar-refractivity contribution in [2.75, 3.05) is 18.0 Å². The van der Waals surface area contributed by atoms with E-state index in [1.807, 2.05) is 0 Å². The third-order valence-electron chi connectivity index (χ3n) is 4.00. The number of halogens is 1. The lowest BCUT2D eigenvalue weighted by Crippen LogP contribution is -2.42. The predicted molar refractivity (Wildman–Crippen MR) is 89.5 cm³/mol. The van der Waals surface area contributed by atoms with E-state index < -0.39 is 27.9 Å². The molecule has 0 aromatic heterocycles. The molecule has 0 aliphatic carbocycles. The van der Waals surface area contributed by atoms with Crippen molar-refractivity contribution in [3.63, 3.8) is 0 Å². The summed E-state index contributed by atoms with van der Waals surface area (Å²) in [6, 6.07) is 5.51. The molecule has 2 aromatic carbocycles. The van der Waals surface area contributed by atoms with E-state index >= 15 is 0 Å². The Balaban J connectivity index is 2.23. The van der Waals surface area contributed by atoms with Crippen LogP contribution >= 0.6 is 0 Å². The van der Waals surface area contributed by atoms with Crippen LogP contribution in [-0.2, 0) is 19.2 Å². The minimum atomic E-state index is -4.72. The third kappa shape index (κ3) is 2.72. The number of carbonyl (C=O) groups is 3. The highest BCUT2D eigenvalue weighted by molar-refractivity contribution is 7.86. The molecular weight excluding hydrogens is 367 g/mol. The molecule has 10 heteroatoms. The van der Waals surface area contributed by atoms with E-state index in [2.05, 4.69) is 4.28 Å². The van der Waals surface area contributed by atoms with Gasteiger partial charge in [0.05, 0.1) is 16.8 Å². The van der Waals surface area contributed by atoms with Crippen molar-refractivity contribution >= 4 is 44.3 Å². The van der Waals surface area contributed by atoms with Gasteiger partial charge in [-0.1, -0.05) is 12.1 Å². The molecule has 1 heterocycles. The van der Waals surface area contributed by atoms with Crippen LogP contribution in [0.5, 0.6) is 0 Å². The molecule has 0 atom stereocenters. The zero-order valence-corrected chi connectivity index (χ0v) is 14.5. The maximum absolute atomic E-state index is 12.5. The van der Waals surface area contributed by atoms with Crippen molar-refractivity contribution in [2.24, 2.45) is 0 Å². The molecule has 1 aliphatic heterocycles. The number of nitrogens with zero attached hydrogens (tertiary/aromatic N) is 2. The van der Waals surface area contributed by atoms with Crippen LogP contribution in [0.1, 0.15) is 27.6 Å². The summed E-state index contributed by atoms with van der Waals surface area (Å²) in [5.41, 5.74) is 0.486. The van der Waals surface area contributed by atoms with Crippen LogP contribution in [-0.4, -0.2) is 44.3 Å². The van der Waals surface area contributed by atoms with Gasteiger partial charge in [-0.2, -0.15) is 8.42 Å². The summed E-state index contributed by atoms with van der Waals surface area (Å²) in [5, 5.41) is 0.762. The van der Waals surface area contributed by atoms with Gasteiger partial charge in [0.15, 0.2) is 0 Å². The maximum atomic E-state index is 12.5. The molecule has 26 heavy (non-hydrogen) atoms. The summed E-state index contributed by atoms with van der Waals surface area (Å²) in [6.45, 7) is 1.36. The van der Waals surface area contributed by atoms with Gasteiger partial charge in [0.25, 0.3) is 11.8 Å². The van der Waals surface area contributed by atoms with Gasteiger partial charge in [0, 0.05) is 24.7 Å². The summed E-state index contributed by atoms with van der Waals surface area (Å²) in [6.07, 6.45) is 0. The summed E-state index contributed by atoms with van der Waals surface area (Å²) in [5.74, 6) is -2.32. The summed E-state index contributed by atoms with van der Waals surface area (Å²) < 4.78 is 39.5. The lowest BCUT2D eigenvalue weighted by atomic mass is 9.93. The molecule has 2 aromatic rings. The Morgan fingerprint density at radius 1 is 1.15 bits per heavy atom. The van der Waals surface area contributed by atoms with Crippen LogP contribution in [0.25, 0.3) is 10.8 Å². The number of hydrogen-bond acceptors (Lipinski definition) is 6. The highest BCUT2D eigenvalue weighted by Crippen LogP contribution is 2.36. The Labute approximate surface area is 147 Å². The number of rotatable bonds is 4. The molecule has 0 N–H and O–H groups in total. The topological polar surface area (TPSA) is 101 Å². The monoisotopic (exact) mass is 380 g/mol. The molecule has 1 aliphatic rings. The Kier molecular flexibility index (Phi) is 4.24. The average molecular weight is 380 g/mol. The summed E-state index contributed by atoms with van der Waals surface area (Å²) >= 11 is 0. The number of anilines is 1. The van der Waals surface area contributed by atoms with Crippen molar-refractivity contribution in [3.8, 4) is 0 Å². The minimum Gasteiger partial charge on any atom is -0.315 e. The Hall–Kier alpha value is -2.85. The number of hydroxylamine groups is 2. The average Bonchev–Trinajstić information content (AvgIpc) is 2.62. The Morgan fingerprint density at radius 3 is 2.35 bits per heavy atom. The molecule has 0 saturated heterocycles. The van der Waals surface area contributed by atoms with E-state index in [1.165, 1.54) is 36.1 Å². The van der Waals surface area contributed by atoms with Crippen molar-refractivity contribution in [1.82, 2.24) is 5.06 Å². The van der Waals surface area contributed by atoms with Crippen molar-refractivity contribution < 1.29 is 31.5 Å². The van der Waals surface area contributed by atoms with E-state index in [1.54, 1.807) is 13.1 Å². The van der Waals surface area contributed by atoms with Crippen LogP contribution < -0.4 is 4.90 Å². The number of carbonyl (C=O) groups excluding carboxylic acids is 3. The minimum absolute atomic E-state index is 0.00459. The SMILES string of the molecule is CC(=O)N(C)c1ccc2c3c(cccc13)C(=O)N(OS(=O)(=O)CF)C2=O. The fourth-order valence-corrected chi connectivity index (χ4v) is 3.12. The molecule has 8 nitrogen and oxygen atoms in total. The molecule has 0 saturated carbocycles. The van der Waals surface area contributed by atoms with Crippen LogP contribution in [0.4, 0.5) is 10.1 Å². The predicted octanol–water partition coefficient (Wildman–Crippen LogP) is 1.61. The number of imide groups is 1. The first-order chi connectivity index (χ1) is 12.2. The third-order valence-corrected chi connectivity index (χ3v) is 4.65. The molecule has 0 unspecified atom stereocenters. The van der Waals surface area contributed by atoms with Gasteiger partial charge in [0.2, 0.25) is 11.9 Å². The molecule has 0 spiro atoms. The number of alkyl halides is 1.